The van der Waals surface area contributed by atoms with Crippen molar-refractivity contribution in [1.82, 2.24) is 5.06 Å². The van der Waals surface area contributed by atoms with Crippen molar-refractivity contribution in [3.8, 4) is 0 Å². The van der Waals surface area contributed by atoms with E-state index in [1.54, 1.807) is 0 Å². The maximum Gasteiger partial charge on any atom is 0.185 e. The third kappa shape index (κ3) is 0.679. The summed E-state index contributed by atoms with van der Waals surface area (Å²) in [5.74, 6) is 0. The molecular formula is C8H10N2O2. The largest absolute Gasteiger partial charge is 0.411 e. The number of hydrogen-bond donors (Lipinski definition) is 1. The van der Waals surface area contributed by atoms with Gasteiger partial charge in [0, 0.05) is 17.7 Å². The average molecular weight is 166 g/mol. The number of oxime groups is 1. The second kappa shape index (κ2) is 2.01. The number of allylic oxidation sites excluding steroid dienone is 1. The molecule has 12 heavy (non-hydrogen) atoms. The molecule has 0 amide bonds. The van der Waals surface area contributed by atoms with Crippen molar-refractivity contribution in [3.05, 3.63) is 11.3 Å². The molecule has 0 spiro atoms. The van der Waals surface area contributed by atoms with Crippen molar-refractivity contribution in [1.29, 1.82) is 0 Å². The molecule has 1 saturated heterocycles. The zero-order valence-electron chi connectivity index (χ0n) is 6.66. The molecule has 2 aliphatic heterocycles. The first-order valence-electron chi connectivity index (χ1n) is 4.29. The molecule has 1 N–H and O–H groups in total. The number of fused-ring (bicyclic) bond motifs is 2. The lowest BCUT2D eigenvalue weighted by Gasteiger charge is -2.15. The molecule has 1 fully saturated rings. The predicted octanol–water partition coefficient (Wildman–Crippen LogP) is 1.23. The summed E-state index contributed by atoms with van der Waals surface area (Å²) in [5.41, 5.74) is 3.34. The minimum atomic E-state index is 0.268. The molecule has 0 aromatic carbocycles. The van der Waals surface area contributed by atoms with Crippen molar-refractivity contribution in [2.75, 3.05) is 0 Å². The molecule has 0 aromatic heterocycles. The second-order valence-electron chi connectivity index (χ2n) is 3.42. The summed E-state index contributed by atoms with van der Waals surface area (Å²) < 4.78 is 0. The Kier molecular flexibility index (Phi) is 1.09. The highest BCUT2D eigenvalue weighted by Gasteiger charge is 2.48. The quantitative estimate of drug-likeness (QED) is 0.334. The molecule has 0 aromatic rings. The van der Waals surface area contributed by atoms with Crippen molar-refractivity contribution in [2.45, 2.75) is 31.9 Å². The van der Waals surface area contributed by atoms with E-state index in [4.69, 9.17) is 10.0 Å². The molecule has 1 atom stereocenters. The SMILES string of the molecule is O/N=C1\CCCC2=C1CC1ON21. The van der Waals surface area contributed by atoms with Crippen LogP contribution in [-0.2, 0) is 4.84 Å². The Morgan fingerprint density at radius 1 is 1.50 bits per heavy atom. The average Bonchev–Trinajstić information content (AvgIpc) is 2.78. The normalized spacial score (nSPS) is 35.5. The fourth-order valence-corrected chi connectivity index (χ4v) is 2.12. The number of rotatable bonds is 0. The zero-order chi connectivity index (χ0) is 8.13. The van der Waals surface area contributed by atoms with Gasteiger partial charge in [0.25, 0.3) is 0 Å². The molecule has 2 heterocycles. The maximum absolute atomic E-state index is 8.73. The van der Waals surface area contributed by atoms with Crippen LogP contribution in [0.5, 0.6) is 0 Å². The Hall–Kier alpha value is -1.03. The van der Waals surface area contributed by atoms with Gasteiger partial charge in [-0.1, -0.05) is 5.16 Å². The van der Waals surface area contributed by atoms with Crippen LogP contribution >= 0.6 is 0 Å². The van der Waals surface area contributed by atoms with Gasteiger partial charge in [-0.2, -0.15) is 0 Å². The van der Waals surface area contributed by atoms with Gasteiger partial charge in [-0.3, -0.25) is 0 Å². The van der Waals surface area contributed by atoms with E-state index in [-0.39, 0.29) is 6.23 Å². The summed E-state index contributed by atoms with van der Waals surface area (Å²) in [7, 11) is 0. The molecule has 64 valence electrons. The third-order valence-corrected chi connectivity index (χ3v) is 2.74. The van der Waals surface area contributed by atoms with E-state index >= 15 is 0 Å². The monoisotopic (exact) mass is 166 g/mol. The standard InChI is InChI=1S/C8H10N2O2/c11-9-6-2-1-3-7-5(6)4-8-10(7)12-8/h8,11H,1-4H2/b9-6+. The van der Waals surface area contributed by atoms with E-state index < -0.39 is 0 Å². The Labute approximate surface area is 70.1 Å². The van der Waals surface area contributed by atoms with Crippen molar-refractivity contribution in [2.24, 2.45) is 5.16 Å². The van der Waals surface area contributed by atoms with Crippen LogP contribution in [0, 0.1) is 0 Å². The highest BCUT2D eigenvalue weighted by molar-refractivity contribution is 6.01. The van der Waals surface area contributed by atoms with Gasteiger partial charge >= 0.3 is 0 Å². The van der Waals surface area contributed by atoms with Crippen LogP contribution in [-0.4, -0.2) is 22.2 Å². The van der Waals surface area contributed by atoms with Gasteiger partial charge in [-0.05, 0) is 19.3 Å². The zero-order valence-corrected chi connectivity index (χ0v) is 6.66. The molecule has 0 saturated carbocycles. The lowest BCUT2D eigenvalue weighted by molar-refractivity contribution is 0.223. The molecule has 1 aliphatic carbocycles. The molecule has 3 rings (SSSR count). The van der Waals surface area contributed by atoms with Crippen LogP contribution in [0.25, 0.3) is 0 Å². The fourth-order valence-electron chi connectivity index (χ4n) is 2.12. The highest BCUT2D eigenvalue weighted by atomic mass is 16.8. The summed E-state index contributed by atoms with van der Waals surface area (Å²) >= 11 is 0. The van der Waals surface area contributed by atoms with Gasteiger partial charge in [0.05, 0.1) is 5.71 Å². The summed E-state index contributed by atoms with van der Waals surface area (Å²) in [4.78, 5) is 5.25. The Bertz CT molecular complexity index is 295. The van der Waals surface area contributed by atoms with Crippen LogP contribution in [0.1, 0.15) is 25.7 Å². The first-order valence-corrected chi connectivity index (χ1v) is 4.29. The van der Waals surface area contributed by atoms with E-state index in [0.29, 0.717) is 0 Å². The van der Waals surface area contributed by atoms with Gasteiger partial charge in [-0.25, -0.2) is 9.90 Å². The summed E-state index contributed by atoms with van der Waals surface area (Å²) in [6.07, 6.45) is 4.24. The topological polar surface area (TPSA) is 48.1 Å². The van der Waals surface area contributed by atoms with E-state index in [2.05, 4.69) is 5.16 Å². The fraction of sp³-hybridized carbons (Fsp3) is 0.625. The molecule has 4 nitrogen and oxygen atoms in total. The van der Waals surface area contributed by atoms with Crippen LogP contribution in [0.2, 0.25) is 0 Å². The van der Waals surface area contributed by atoms with E-state index in [9.17, 15) is 0 Å². The molecule has 0 bridgehead atoms. The molecule has 3 aliphatic rings. The third-order valence-electron chi connectivity index (χ3n) is 2.74. The van der Waals surface area contributed by atoms with Crippen molar-refractivity contribution in [3.63, 3.8) is 0 Å². The number of hydrogen-bond acceptors (Lipinski definition) is 4. The molecular weight excluding hydrogens is 156 g/mol. The summed E-state index contributed by atoms with van der Waals surface area (Å²) in [5, 5.41) is 14.0. The molecule has 1 unspecified atom stereocenters. The Morgan fingerprint density at radius 3 is 3.25 bits per heavy atom. The van der Waals surface area contributed by atoms with Gasteiger partial charge < -0.3 is 5.21 Å². The van der Waals surface area contributed by atoms with Crippen LogP contribution in [0.15, 0.2) is 16.4 Å². The Balaban J connectivity index is 2.02. The van der Waals surface area contributed by atoms with E-state index in [1.807, 2.05) is 5.06 Å². The summed E-state index contributed by atoms with van der Waals surface area (Å²) in [6, 6.07) is 0. The predicted molar refractivity (Wildman–Crippen MR) is 41.4 cm³/mol. The minimum absolute atomic E-state index is 0.268. The first kappa shape index (κ1) is 6.48. The van der Waals surface area contributed by atoms with E-state index in [1.165, 1.54) is 11.3 Å². The van der Waals surface area contributed by atoms with Gasteiger partial charge in [0.2, 0.25) is 0 Å². The first-order chi connectivity index (χ1) is 5.90. The van der Waals surface area contributed by atoms with E-state index in [0.717, 1.165) is 31.4 Å². The lowest BCUT2D eigenvalue weighted by Crippen LogP contribution is -2.12. The minimum Gasteiger partial charge on any atom is -0.411 e. The molecule has 0 radical (unpaired) electrons. The van der Waals surface area contributed by atoms with Crippen molar-refractivity contribution < 1.29 is 10.0 Å². The highest BCUT2D eigenvalue weighted by Crippen LogP contribution is 2.45. The Morgan fingerprint density at radius 2 is 2.42 bits per heavy atom. The smallest absolute Gasteiger partial charge is 0.185 e. The van der Waals surface area contributed by atoms with Gasteiger partial charge in [0.15, 0.2) is 6.23 Å². The van der Waals surface area contributed by atoms with Crippen molar-refractivity contribution >= 4 is 5.71 Å². The second-order valence-corrected chi connectivity index (χ2v) is 3.42. The van der Waals surface area contributed by atoms with Gasteiger partial charge in [-0.15, -0.1) is 0 Å². The molecule has 4 heteroatoms. The van der Waals surface area contributed by atoms with Crippen LogP contribution in [0.3, 0.4) is 0 Å². The number of nitrogens with zero attached hydrogens (tertiary/aromatic N) is 2. The van der Waals surface area contributed by atoms with Crippen LogP contribution < -0.4 is 0 Å². The lowest BCUT2D eigenvalue weighted by atomic mass is 9.94. The summed E-state index contributed by atoms with van der Waals surface area (Å²) in [6.45, 7) is 0. The van der Waals surface area contributed by atoms with Crippen LogP contribution in [0.4, 0.5) is 0 Å². The maximum atomic E-state index is 8.73. The number of hydroxylamine groups is 2. The van der Waals surface area contributed by atoms with Gasteiger partial charge in [0.1, 0.15) is 0 Å².